The molecule has 0 fully saturated rings. The molecule has 8 nitrogen and oxygen atoms in total. The normalized spacial score (nSPS) is 11.3. The Morgan fingerprint density at radius 2 is 1.92 bits per heavy atom. The standard InChI is InChI=1S/C17H14ClN3O5/c1-8-9(2)15(17(18)20(24)10(8)3)12(7-19)4-11-5-13(21(25)26)16(23)14(22)6-11/h4-6,22-23H,1-3H3. The third kappa shape index (κ3) is 3.12. The second-order valence-corrected chi connectivity index (χ2v) is 5.99. The number of aromatic nitrogens is 1. The van der Waals surface area contributed by atoms with Gasteiger partial charge in [-0.25, -0.2) is 0 Å². The summed E-state index contributed by atoms with van der Waals surface area (Å²) in [7, 11) is 0. The van der Waals surface area contributed by atoms with Gasteiger partial charge in [-0.1, -0.05) is 0 Å². The molecule has 0 aliphatic carbocycles. The van der Waals surface area contributed by atoms with Crippen molar-refractivity contribution in [2.75, 3.05) is 0 Å². The van der Waals surface area contributed by atoms with Crippen LogP contribution in [0.25, 0.3) is 11.6 Å². The van der Waals surface area contributed by atoms with Gasteiger partial charge < -0.3 is 15.4 Å². The summed E-state index contributed by atoms with van der Waals surface area (Å²) in [6, 6.07) is 3.98. The Hall–Kier alpha value is -3.31. The Morgan fingerprint density at radius 3 is 2.46 bits per heavy atom. The van der Waals surface area contributed by atoms with Crippen LogP contribution in [-0.2, 0) is 0 Å². The number of rotatable bonds is 3. The smallest absolute Gasteiger partial charge is 0.315 e. The molecular weight excluding hydrogens is 362 g/mol. The number of nitriles is 1. The Morgan fingerprint density at radius 1 is 1.31 bits per heavy atom. The molecule has 0 atom stereocenters. The molecular formula is C17H14ClN3O5. The maximum absolute atomic E-state index is 12.2. The average molecular weight is 376 g/mol. The highest BCUT2D eigenvalue weighted by molar-refractivity contribution is 6.31. The van der Waals surface area contributed by atoms with Crippen molar-refractivity contribution in [1.82, 2.24) is 0 Å². The maximum atomic E-state index is 12.2. The molecule has 0 spiro atoms. The molecule has 2 aromatic rings. The van der Waals surface area contributed by atoms with E-state index in [2.05, 4.69) is 0 Å². The van der Waals surface area contributed by atoms with Crippen LogP contribution in [0, 0.1) is 47.4 Å². The van der Waals surface area contributed by atoms with Crippen LogP contribution in [0.15, 0.2) is 12.1 Å². The number of nitro benzene ring substituents is 1. The van der Waals surface area contributed by atoms with E-state index in [9.17, 15) is 30.8 Å². The summed E-state index contributed by atoms with van der Waals surface area (Å²) in [5.41, 5.74) is 1.23. The molecule has 134 valence electrons. The van der Waals surface area contributed by atoms with Crippen LogP contribution in [-0.4, -0.2) is 15.1 Å². The molecule has 0 bridgehead atoms. The molecule has 0 saturated carbocycles. The topological polar surface area (TPSA) is 134 Å². The van der Waals surface area contributed by atoms with Crippen molar-refractivity contribution >= 4 is 28.9 Å². The molecule has 0 aliphatic rings. The van der Waals surface area contributed by atoms with E-state index in [-0.39, 0.29) is 21.9 Å². The van der Waals surface area contributed by atoms with Gasteiger partial charge in [0.25, 0.3) is 5.15 Å². The first kappa shape index (κ1) is 19.0. The monoisotopic (exact) mass is 375 g/mol. The fourth-order valence-electron chi connectivity index (χ4n) is 2.50. The third-order valence-corrected chi connectivity index (χ3v) is 4.50. The van der Waals surface area contributed by atoms with Gasteiger partial charge in [0.05, 0.1) is 16.1 Å². The molecule has 0 amide bonds. The predicted octanol–water partition coefficient (Wildman–Crippen LogP) is 3.28. The molecule has 26 heavy (non-hydrogen) atoms. The van der Waals surface area contributed by atoms with Crippen LogP contribution in [0.1, 0.15) is 27.9 Å². The molecule has 1 aromatic heterocycles. The van der Waals surface area contributed by atoms with Crippen molar-refractivity contribution in [3.05, 3.63) is 60.6 Å². The van der Waals surface area contributed by atoms with E-state index < -0.39 is 22.1 Å². The van der Waals surface area contributed by atoms with E-state index in [0.717, 1.165) is 12.1 Å². The molecule has 1 aromatic carbocycles. The van der Waals surface area contributed by atoms with Crippen molar-refractivity contribution in [3.63, 3.8) is 0 Å². The van der Waals surface area contributed by atoms with Gasteiger partial charge in [-0.15, -0.1) is 0 Å². The third-order valence-electron chi connectivity index (χ3n) is 4.16. The van der Waals surface area contributed by atoms with E-state index in [0.29, 0.717) is 21.6 Å². The number of nitro groups is 1. The van der Waals surface area contributed by atoms with Gasteiger partial charge in [0, 0.05) is 18.6 Å². The number of nitrogens with zero attached hydrogens (tertiary/aromatic N) is 3. The largest absolute Gasteiger partial charge is 0.617 e. The quantitative estimate of drug-likeness (QED) is 0.161. The van der Waals surface area contributed by atoms with Gasteiger partial charge in [-0.3, -0.25) is 10.1 Å². The van der Waals surface area contributed by atoms with Gasteiger partial charge >= 0.3 is 5.69 Å². The lowest BCUT2D eigenvalue weighted by Gasteiger charge is -2.13. The number of pyridine rings is 1. The zero-order valence-corrected chi connectivity index (χ0v) is 14.8. The summed E-state index contributed by atoms with van der Waals surface area (Å²) >= 11 is 6.11. The van der Waals surface area contributed by atoms with Crippen LogP contribution < -0.4 is 4.73 Å². The lowest BCUT2D eigenvalue weighted by molar-refractivity contribution is -0.610. The van der Waals surface area contributed by atoms with Gasteiger partial charge in [0.1, 0.15) is 6.07 Å². The van der Waals surface area contributed by atoms with Crippen molar-refractivity contribution in [2.24, 2.45) is 0 Å². The lowest BCUT2D eigenvalue weighted by Crippen LogP contribution is -2.34. The molecule has 2 N–H and O–H groups in total. The molecule has 2 rings (SSSR count). The van der Waals surface area contributed by atoms with E-state index in [4.69, 9.17) is 11.6 Å². The van der Waals surface area contributed by atoms with E-state index in [1.807, 2.05) is 6.07 Å². The SMILES string of the molecule is Cc1c(C)c(C)[n+]([O-])c(Cl)c1C(C#N)=Cc1cc(O)c(O)c([N+](=O)[O-])c1. The van der Waals surface area contributed by atoms with Crippen LogP contribution in [0.5, 0.6) is 11.5 Å². The summed E-state index contributed by atoms with van der Waals surface area (Å²) in [4.78, 5) is 10.1. The fraction of sp³-hybridized carbons (Fsp3) is 0.176. The first-order valence-corrected chi connectivity index (χ1v) is 7.69. The molecule has 0 aliphatic heterocycles. The summed E-state index contributed by atoms with van der Waals surface area (Å²) in [5, 5.41) is 51.7. The number of aromatic hydroxyl groups is 2. The molecule has 9 heteroatoms. The van der Waals surface area contributed by atoms with E-state index >= 15 is 0 Å². The average Bonchev–Trinajstić information content (AvgIpc) is 2.59. The van der Waals surface area contributed by atoms with Crippen LogP contribution in [0.3, 0.4) is 0 Å². The van der Waals surface area contributed by atoms with Gasteiger partial charge in [0.15, 0.2) is 11.4 Å². The van der Waals surface area contributed by atoms with Gasteiger partial charge in [-0.05, 0) is 48.7 Å². The minimum Gasteiger partial charge on any atom is -0.617 e. The molecule has 1 heterocycles. The highest BCUT2D eigenvalue weighted by Crippen LogP contribution is 2.37. The second-order valence-electron chi connectivity index (χ2n) is 5.63. The minimum atomic E-state index is -0.872. The summed E-state index contributed by atoms with van der Waals surface area (Å²) in [5.74, 6) is -1.58. The highest BCUT2D eigenvalue weighted by Gasteiger charge is 2.24. The van der Waals surface area contributed by atoms with Gasteiger partial charge in [-0.2, -0.15) is 9.99 Å². The molecule has 0 unspecified atom stereocenters. The number of allylic oxidation sites excluding steroid dienone is 1. The lowest BCUT2D eigenvalue weighted by atomic mass is 9.97. The molecule has 0 radical (unpaired) electrons. The number of hydrogen-bond acceptors (Lipinski definition) is 6. The second kappa shape index (κ2) is 6.90. The van der Waals surface area contributed by atoms with Crippen LogP contribution in [0.4, 0.5) is 5.69 Å². The molecule has 0 saturated heterocycles. The highest BCUT2D eigenvalue weighted by atomic mass is 35.5. The zero-order chi connectivity index (χ0) is 19.8. The Balaban J connectivity index is 2.76. The van der Waals surface area contributed by atoms with E-state index in [1.165, 1.54) is 6.08 Å². The predicted molar refractivity (Wildman–Crippen MR) is 94.5 cm³/mol. The van der Waals surface area contributed by atoms with Crippen LogP contribution in [0.2, 0.25) is 5.15 Å². The van der Waals surface area contributed by atoms with Crippen molar-refractivity contribution in [3.8, 4) is 17.6 Å². The first-order valence-electron chi connectivity index (χ1n) is 7.31. The zero-order valence-electron chi connectivity index (χ0n) is 14.1. The van der Waals surface area contributed by atoms with E-state index in [1.54, 1.807) is 20.8 Å². The fourth-order valence-corrected chi connectivity index (χ4v) is 2.87. The van der Waals surface area contributed by atoms with Crippen molar-refractivity contribution < 1.29 is 19.9 Å². The van der Waals surface area contributed by atoms with Crippen LogP contribution >= 0.6 is 11.6 Å². The number of benzene rings is 1. The maximum Gasteiger partial charge on any atom is 0.315 e. The number of hydrogen-bond donors (Lipinski definition) is 2. The summed E-state index contributed by atoms with van der Waals surface area (Å²) in [6.45, 7) is 5.01. The Kier molecular flexibility index (Phi) is 5.05. The first-order chi connectivity index (χ1) is 12.1. The number of phenols is 2. The minimum absolute atomic E-state index is 0.0143. The van der Waals surface area contributed by atoms with Crippen molar-refractivity contribution in [1.29, 1.82) is 5.26 Å². The number of phenolic OH excluding ortho intramolecular Hbond substituents is 2. The number of halogens is 1. The van der Waals surface area contributed by atoms with Gasteiger partial charge in [0.2, 0.25) is 5.75 Å². The van der Waals surface area contributed by atoms with Crippen molar-refractivity contribution in [2.45, 2.75) is 20.8 Å². The summed E-state index contributed by atoms with van der Waals surface area (Å²) < 4.78 is 0.501. The Bertz CT molecular complexity index is 980. The Labute approximate surface area is 153 Å². The summed E-state index contributed by atoms with van der Waals surface area (Å²) in [6.07, 6.45) is 1.25.